The van der Waals surface area contributed by atoms with Crippen LogP contribution in [-0.4, -0.2) is 123 Å². The summed E-state index contributed by atoms with van der Waals surface area (Å²) in [7, 11) is -7.86. The summed E-state index contributed by atoms with van der Waals surface area (Å²) in [6, 6.07) is 37.7. The van der Waals surface area contributed by atoms with Gasteiger partial charge in [-0.3, -0.25) is 8.37 Å². The molecule has 8 rings (SSSR count). The second-order valence-electron chi connectivity index (χ2n) is 18.0. The lowest BCUT2D eigenvalue weighted by Gasteiger charge is -2.23. The summed E-state index contributed by atoms with van der Waals surface area (Å²) >= 11 is 0. The van der Waals surface area contributed by atoms with Gasteiger partial charge in [0.25, 0.3) is 20.2 Å². The van der Waals surface area contributed by atoms with Gasteiger partial charge in [0.2, 0.25) is 0 Å². The molecule has 17 heteroatoms. The zero-order valence-electron chi connectivity index (χ0n) is 42.6. The van der Waals surface area contributed by atoms with E-state index in [1.807, 2.05) is 38.1 Å². The predicted molar refractivity (Wildman–Crippen MR) is 282 cm³/mol. The molecule has 0 aromatic heterocycles. The molecule has 2 aliphatic rings. The van der Waals surface area contributed by atoms with Gasteiger partial charge in [0.15, 0.2) is 0 Å². The minimum absolute atomic E-state index is 0.0477. The van der Waals surface area contributed by atoms with E-state index >= 15 is 0 Å². The van der Waals surface area contributed by atoms with Crippen molar-refractivity contribution in [1.29, 1.82) is 0 Å². The molecule has 6 aromatic rings. The fourth-order valence-corrected chi connectivity index (χ4v) is 10.5. The van der Waals surface area contributed by atoms with Gasteiger partial charge in [0.05, 0.1) is 89.1 Å². The summed E-state index contributed by atoms with van der Waals surface area (Å²) < 4.78 is 118. The zero-order chi connectivity index (χ0) is 52.3. The zero-order valence-corrected chi connectivity index (χ0v) is 44.3. The predicted octanol–water partition coefficient (Wildman–Crippen LogP) is 8.40. The third-order valence-corrected chi connectivity index (χ3v) is 15.1. The average molecular weight is 1070 g/mol. The number of aryl methyl sites for hydroxylation is 2. The van der Waals surface area contributed by atoms with Crippen molar-refractivity contribution in [3.05, 3.63) is 177 Å². The molecule has 0 radical (unpaired) electrons. The normalized spacial score (nSPS) is 14.8. The maximum atomic E-state index is 12.8. The SMILES string of the molecule is Cc1ccc(S(=O)(=O)OCCOCCOc2c3cccc2Cc2cccc4c2OCCOCCOCCOCCOc2c(cccc2Cc2cccc(c2OCCOCCOS(=O)(=O)c2ccc(C)cc2)C4)C3)cc1. The van der Waals surface area contributed by atoms with Crippen LogP contribution in [0.4, 0.5) is 0 Å². The van der Waals surface area contributed by atoms with E-state index in [4.69, 9.17) is 51.0 Å². The molecule has 1 heterocycles. The smallest absolute Gasteiger partial charge is 0.297 e. The van der Waals surface area contributed by atoms with Crippen LogP contribution in [0.2, 0.25) is 0 Å². The van der Waals surface area contributed by atoms with Gasteiger partial charge in [0, 0.05) is 25.7 Å². The first-order valence-electron chi connectivity index (χ1n) is 25.3. The second-order valence-corrected chi connectivity index (χ2v) is 21.2. The number of rotatable bonds is 18. The van der Waals surface area contributed by atoms with Crippen molar-refractivity contribution in [2.75, 3.05) is 106 Å². The Labute approximate surface area is 441 Å². The maximum absolute atomic E-state index is 12.8. The largest absolute Gasteiger partial charge is 0.491 e. The highest BCUT2D eigenvalue weighted by atomic mass is 32.2. The quantitative estimate of drug-likeness (QED) is 0.0593. The number of para-hydroxylation sites is 4. The molecule has 0 atom stereocenters. The highest BCUT2D eigenvalue weighted by Gasteiger charge is 2.23. The van der Waals surface area contributed by atoms with Crippen LogP contribution in [0.1, 0.15) is 55.6 Å². The van der Waals surface area contributed by atoms with Crippen LogP contribution in [0, 0.1) is 13.8 Å². The molecule has 0 saturated heterocycles. The summed E-state index contributed by atoms with van der Waals surface area (Å²) in [5, 5.41) is 0. The van der Waals surface area contributed by atoms with Crippen molar-refractivity contribution in [2.24, 2.45) is 0 Å². The standard InChI is InChI=1S/C58H66O15S2/c1-43-15-19-53(20-16-43)74(59,60)72-37-31-66-29-35-70-57-49-11-5-12-50(57)40-46-8-4-10-48-42-52-14-6-13-51(58(52)71-36-30-67-32-38-73-75(61,62)54-21-17-44(2)18-22-54)41-47-9-3-7-45(39-49)55(47)68-33-27-64-25-23-63-24-26-65-28-34-69-56(46)48/h3-22H,23-42H2,1-2H3. The second kappa shape index (κ2) is 27.8. The van der Waals surface area contributed by atoms with Gasteiger partial charge in [-0.05, 0) is 82.6 Å². The van der Waals surface area contributed by atoms with Crippen molar-refractivity contribution in [3.8, 4) is 23.0 Å². The number of fused-ring (bicyclic) bond motifs is 2. The minimum Gasteiger partial charge on any atom is -0.491 e. The Morgan fingerprint density at radius 1 is 0.360 bits per heavy atom. The van der Waals surface area contributed by atoms with Gasteiger partial charge in [-0.25, -0.2) is 0 Å². The molecule has 1 aliphatic carbocycles. The molecule has 15 nitrogen and oxygen atoms in total. The van der Waals surface area contributed by atoms with Gasteiger partial charge in [-0.15, -0.1) is 0 Å². The molecule has 0 N–H and O–H groups in total. The molecule has 75 heavy (non-hydrogen) atoms. The molecular formula is C58H66O15S2. The Balaban J connectivity index is 1.06. The lowest BCUT2D eigenvalue weighted by Crippen LogP contribution is -2.16. The molecule has 1 aliphatic heterocycles. The lowest BCUT2D eigenvalue weighted by molar-refractivity contribution is 0.00484. The summed E-state index contributed by atoms with van der Waals surface area (Å²) in [6.45, 7) is 7.20. The van der Waals surface area contributed by atoms with E-state index in [1.165, 1.54) is 24.3 Å². The molecule has 0 fully saturated rings. The minimum atomic E-state index is -3.93. The molecule has 0 saturated carbocycles. The number of ether oxygens (including phenoxy) is 9. The summed E-state index contributed by atoms with van der Waals surface area (Å²) in [5.41, 5.74) is 9.40. The van der Waals surface area contributed by atoms with E-state index in [0.29, 0.717) is 76.8 Å². The summed E-state index contributed by atoms with van der Waals surface area (Å²) in [5.74, 6) is 2.86. The monoisotopic (exact) mass is 1070 g/mol. The van der Waals surface area contributed by atoms with Crippen molar-refractivity contribution in [3.63, 3.8) is 0 Å². The van der Waals surface area contributed by atoms with Gasteiger partial charge in [0.1, 0.15) is 49.4 Å². The van der Waals surface area contributed by atoms with Gasteiger partial charge < -0.3 is 42.6 Å². The van der Waals surface area contributed by atoms with Crippen molar-refractivity contribution >= 4 is 20.2 Å². The number of hydrogen-bond acceptors (Lipinski definition) is 15. The first-order valence-corrected chi connectivity index (χ1v) is 28.1. The molecule has 10 bridgehead atoms. The first kappa shape index (κ1) is 55.4. The van der Waals surface area contributed by atoms with Crippen LogP contribution in [-0.2, 0) is 78.0 Å². The van der Waals surface area contributed by atoms with Crippen LogP contribution in [0.5, 0.6) is 23.0 Å². The van der Waals surface area contributed by atoms with E-state index < -0.39 is 20.2 Å². The molecule has 0 spiro atoms. The van der Waals surface area contributed by atoms with E-state index in [1.54, 1.807) is 24.3 Å². The molecule has 0 unspecified atom stereocenters. The van der Waals surface area contributed by atoms with Crippen LogP contribution < -0.4 is 18.9 Å². The third kappa shape index (κ3) is 16.1. The molecule has 6 aromatic carbocycles. The maximum Gasteiger partial charge on any atom is 0.297 e. The Morgan fingerprint density at radius 2 is 0.653 bits per heavy atom. The van der Waals surface area contributed by atoms with Crippen LogP contribution in [0.15, 0.2) is 131 Å². The van der Waals surface area contributed by atoms with E-state index in [9.17, 15) is 16.8 Å². The molecule has 400 valence electrons. The van der Waals surface area contributed by atoms with Crippen LogP contribution in [0.25, 0.3) is 0 Å². The highest BCUT2D eigenvalue weighted by Crippen LogP contribution is 2.39. The Morgan fingerprint density at radius 3 is 0.987 bits per heavy atom. The fraction of sp³-hybridized carbons (Fsp3) is 0.379. The Kier molecular flexibility index (Phi) is 20.5. The topological polar surface area (TPSA) is 170 Å². The first-order chi connectivity index (χ1) is 36.5. The summed E-state index contributed by atoms with van der Waals surface area (Å²) in [6.07, 6.45) is 1.85. The van der Waals surface area contributed by atoms with Crippen molar-refractivity contribution in [2.45, 2.75) is 49.3 Å². The van der Waals surface area contributed by atoms with Crippen molar-refractivity contribution in [1.82, 2.24) is 0 Å². The van der Waals surface area contributed by atoms with E-state index in [2.05, 4.69) is 48.5 Å². The van der Waals surface area contributed by atoms with Crippen LogP contribution >= 0.6 is 0 Å². The van der Waals surface area contributed by atoms with Crippen molar-refractivity contribution < 1.29 is 67.8 Å². The number of hydrogen-bond donors (Lipinski definition) is 0. The van der Waals surface area contributed by atoms with Gasteiger partial charge >= 0.3 is 0 Å². The van der Waals surface area contributed by atoms with Gasteiger partial charge in [-0.2, -0.15) is 16.8 Å². The average Bonchev–Trinajstić information content (AvgIpc) is 3.39. The highest BCUT2D eigenvalue weighted by molar-refractivity contribution is 7.87. The van der Waals surface area contributed by atoms with Gasteiger partial charge in [-0.1, -0.05) is 108 Å². The fourth-order valence-electron chi connectivity index (χ4n) is 8.74. The van der Waals surface area contributed by atoms with E-state index in [0.717, 1.165) is 67.1 Å². The van der Waals surface area contributed by atoms with Crippen LogP contribution in [0.3, 0.4) is 0 Å². The summed E-state index contributed by atoms with van der Waals surface area (Å²) in [4.78, 5) is 0.185. The number of benzene rings is 6. The Hall–Kier alpha value is -5.86. The third-order valence-electron chi connectivity index (χ3n) is 12.4. The van der Waals surface area contributed by atoms with E-state index in [-0.39, 0.29) is 75.9 Å². The Bertz CT molecular complexity index is 2710. The molecular weight excluding hydrogens is 1000 g/mol. The lowest BCUT2D eigenvalue weighted by atomic mass is 9.91. The molecule has 0 amide bonds.